The highest BCUT2D eigenvalue weighted by Gasteiger charge is 2.52. The number of hydrogen-bond acceptors (Lipinski definition) is 8. The SMILES string of the molecule is Cn1nnnc1SC1[C@H](N)C(=O)N1S(=O)(=O)O. The summed E-state index contributed by atoms with van der Waals surface area (Å²) in [6.07, 6.45) is 0. The van der Waals surface area contributed by atoms with Crippen molar-refractivity contribution in [1.29, 1.82) is 0 Å². The van der Waals surface area contributed by atoms with E-state index < -0.39 is 27.6 Å². The first-order chi connectivity index (χ1) is 7.82. The fourth-order valence-electron chi connectivity index (χ4n) is 1.25. The Hall–Kier alpha value is -1.24. The Morgan fingerprint density at radius 3 is 2.65 bits per heavy atom. The van der Waals surface area contributed by atoms with Crippen molar-refractivity contribution in [3.05, 3.63) is 0 Å². The van der Waals surface area contributed by atoms with E-state index >= 15 is 0 Å². The molecule has 2 rings (SSSR count). The quantitative estimate of drug-likeness (QED) is 0.457. The van der Waals surface area contributed by atoms with Crippen LogP contribution in [0.5, 0.6) is 0 Å². The Morgan fingerprint density at radius 1 is 1.53 bits per heavy atom. The first-order valence-corrected chi connectivity index (χ1v) is 6.55. The fourth-order valence-corrected chi connectivity index (χ4v) is 3.40. The predicted molar refractivity (Wildman–Crippen MR) is 54.8 cm³/mol. The maximum absolute atomic E-state index is 11.2. The summed E-state index contributed by atoms with van der Waals surface area (Å²) < 4.78 is 32.3. The number of nitrogens with two attached hydrogens (primary N) is 1. The molecule has 1 aliphatic heterocycles. The van der Waals surface area contributed by atoms with Crippen molar-refractivity contribution in [2.24, 2.45) is 12.8 Å². The van der Waals surface area contributed by atoms with E-state index in [0.29, 0.717) is 4.31 Å². The molecule has 2 atom stereocenters. The van der Waals surface area contributed by atoms with E-state index in [-0.39, 0.29) is 5.16 Å². The van der Waals surface area contributed by atoms with Crippen LogP contribution in [0.4, 0.5) is 0 Å². The zero-order valence-corrected chi connectivity index (χ0v) is 10.1. The molecule has 0 aromatic carbocycles. The number of nitrogens with zero attached hydrogens (tertiary/aromatic N) is 5. The van der Waals surface area contributed by atoms with Crippen LogP contribution in [-0.2, 0) is 22.1 Å². The summed E-state index contributed by atoms with van der Waals surface area (Å²) in [6.45, 7) is 0. The Morgan fingerprint density at radius 2 is 2.18 bits per heavy atom. The molecule has 1 aromatic rings. The molecular formula is C5H8N6O4S2. The van der Waals surface area contributed by atoms with E-state index in [9.17, 15) is 13.2 Å². The van der Waals surface area contributed by atoms with Crippen molar-refractivity contribution >= 4 is 28.0 Å². The lowest BCUT2D eigenvalue weighted by Crippen LogP contribution is -2.68. The minimum absolute atomic E-state index is 0.284. The van der Waals surface area contributed by atoms with Crippen LogP contribution in [0.3, 0.4) is 0 Å². The smallest absolute Gasteiger partial charge is 0.317 e. The zero-order chi connectivity index (χ0) is 12.8. The van der Waals surface area contributed by atoms with Crippen LogP contribution in [-0.4, -0.2) is 54.8 Å². The molecule has 1 saturated heterocycles. The van der Waals surface area contributed by atoms with E-state index in [0.717, 1.165) is 11.8 Å². The molecular weight excluding hydrogens is 272 g/mol. The predicted octanol–water partition coefficient (Wildman–Crippen LogP) is -2.40. The summed E-state index contributed by atoms with van der Waals surface area (Å²) in [5.74, 6) is -0.861. The van der Waals surface area contributed by atoms with Crippen LogP contribution in [0.15, 0.2) is 5.16 Å². The molecule has 0 saturated carbocycles. The molecule has 0 aliphatic carbocycles. The molecule has 0 spiro atoms. The standard InChI is InChI=1S/C5H8N6O4S2/c1-10-5(7-8-9-10)16-4-2(6)3(12)11(4)17(13,14)15/h2,4H,6H2,1H3,(H,13,14,15)/t2-,4?/m1/s1. The second-order valence-electron chi connectivity index (χ2n) is 3.23. The number of hydrogen-bond donors (Lipinski definition) is 2. The number of β-lactam (4-membered cyclic amide) rings is 1. The molecule has 12 heteroatoms. The van der Waals surface area contributed by atoms with Gasteiger partial charge in [0.2, 0.25) is 5.16 Å². The van der Waals surface area contributed by atoms with Crippen LogP contribution in [0.2, 0.25) is 0 Å². The van der Waals surface area contributed by atoms with Gasteiger partial charge in [-0.1, -0.05) is 11.8 Å². The normalized spacial score (nSPS) is 24.9. The molecule has 10 nitrogen and oxygen atoms in total. The Balaban J connectivity index is 2.21. The summed E-state index contributed by atoms with van der Waals surface area (Å²) in [6, 6.07) is -1.02. The molecule has 1 fully saturated rings. The molecule has 0 radical (unpaired) electrons. The van der Waals surface area contributed by atoms with Crippen molar-refractivity contribution in [1.82, 2.24) is 24.5 Å². The van der Waals surface area contributed by atoms with E-state index in [4.69, 9.17) is 10.3 Å². The molecule has 1 amide bonds. The number of carbonyl (C=O) groups is 1. The third kappa shape index (κ3) is 1.99. The fraction of sp³-hybridized carbons (Fsp3) is 0.600. The largest absolute Gasteiger partial charge is 0.363 e. The van der Waals surface area contributed by atoms with Crippen LogP contribution in [0.25, 0.3) is 0 Å². The molecule has 1 unspecified atom stereocenters. The molecule has 3 N–H and O–H groups in total. The summed E-state index contributed by atoms with van der Waals surface area (Å²) in [5, 5.41) is 9.84. The number of thioether (sulfide) groups is 1. The summed E-state index contributed by atoms with van der Waals surface area (Å²) >= 11 is 0.878. The first-order valence-electron chi connectivity index (χ1n) is 4.27. The topological polar surface area (TPSA) is 144 Å². The maximum atomic E-state index is 11.2. The highest BCUT2D eigenvalue weighted by Crippen LogP contribution is 2.34. The van der Waals surface area contributed by atoms with Gasteiger partial charge >= 0.3 is 10.3 Å². The third-order valence-corrected chi connectivity index (χ3v) is 4.44. The summed E-state index contributed by atoms with van der Waals surface area (Å²) in [5.41, 5.74) is 5.45. The zero-order valence-electron chi connectivity index (χ0n) is 8.46. The lowest BCUT2D eigenvalue weighted by molar-refractivity contribution is -0.137. The van der Waals surface area contributed by atoms with Gasteiger partial charge in [0.25, 0.3) is 5.91 Å². The number of carbonyl (C=O) groups excluding carboxylic acids is 1. The van der Waals surface area contributed by atoms with Gasteiger partial charge in [0.15, 0.2) is 0 Å². The number of aromatic nitrogens is 4. The van der Waals surface area contributed by atoms with E-state index in [1.807, 2.05) is 0 Å². The van der Waals surface area contributed by atoms with Gasteiger partial charge in [0.1, 0.15) is 11.4 Å². The van der Waals surface area contributed by atoms with E-state index in [2.05, 4.69) is 15.5 Å². The number of tetrazole rings is 1. The van der Waals surface area contributed by atoms with Crippen LogP contribution >= 0.6 is 11.8 Å². The Kier molecular flexibility index (Phi) is 2.81. The second kappa shape index (κ2) is 3.90. The van der Waals surface area contributed by atoms with Gasteiger partial charge in [-0.3, -0.25) is 9.35 Å². The Labute approximate surface area is 100 Å². The monoisotopic (exact) mass is 280 g/mol. The molecule has 17 heavy (non-hydrogen) atoms. The molecule has 1 aliphatic rings. The van der Waals surface area contributed by atoms with Crippen molar-refractivity contribution in [3.8, 4) is 0 Å². The van der Waals surface area contributed by atoms with Gasteiger partial charge < -0.3 is 5.73 Å². The van der Waals surface area contributed by atoms with Crippen LogP contribution in [0.1, 0.15) is 0 Å². The van der Waals surface area contributed by atoms with Gasteiger partial charge in [0.05, 0.1) is 0 Å². The van der Waals surface area contributed by atoms with Gasteiger partial charge in [-0.25, -0.2) is 4.68 Å². The second-order valence-corrected chi connectivity index (χ2v) is 5.60. The lowest BCUT2D eigenvalue weighted by Gasteiger charge is -2.40. The molecule has 1 aromatic heterocycles. The van der Waals surface area contributed by atoms with Crippen molar-refractivity contribution in [3.63, 3.8) is 0 Å². The summed E-state index contributed by atoms with van der Waals surface area (Å²) in [7, 11) is -3.06. The third-order valence-electron chi connectivity index (χ3n) is 2.10. The van der Waals surface area contributed by atoms with Gasteiger partial charge in [-0.05, 0) is 10.4 Å². The summed E-state index contributed by atoms with van der Waals surface area (Å²) in [4.78, 5) is 11.2. The van der Waals surface area contributed by atoms with Crippen LogP contribution < -0.4 is 5.73 Å². The minimum Gasteiger partial charge on any atom is -0.317 e. The molecule has 2 heterocycles. The molecule has 0 bridgehead atoms. The number of rotatable bonds is 3. The average molecular weight is 280 g/mol. The Bertz CT molecular complexity index is 555. The highest BCUT2D eigenvalue weighted by molar-refractivity contribution is 8.00. The average Bonchev–Trinajstić information content (AvgIpc) is 2.61. The molecule has 94 valence electrons. The van der Waals surface area contributed by atoms with Crippen molar-refractivity contribution < 1.29 is 17.8 Å². The van der Waals surface area contributed by atoms with Gasteiger partial charge in [-0.2, -0.15) is 12.7 Å². The minimum atomic E-state index is -4.61. The first kappa shape index (κ1) is 12.2. The highest BCUT2D eigenvalue weighted by atomic mass is 32.2. The van der Waals surface area contributed by atoms with Crippen LogP contribution in [0, 0.1) is 0 Å². The van der Waals surface area contributed by atoms with Gasteiger partial charge in [-0.15, -0.1) is 5.10 Å². The van der Waals surface area contributed by atoms with Crippen molar-refractivity contribution in [2.45, 2.75) is 16.6 Å². The van der Waals surface area contributed by atoms with Crippen molar-refractivity contribution in [2.75, 3.05) is 0 Å². The van der Waals surface area contributed by atoms with E-state index in [1.165, 1.54) is 4.68 Å². The number of amides is 1. The van der Waals surface area contributed by atoms with Gasteiger partial charge in [0, 0.05) is 7.05 Å². The van der Waals surface area contributed by atoms with E-state index in [1.54, 1.807) is 7.05 Å². The maximum Gasteiger partial charge on any atom is 0.363 e. The number of aryl methyl sites for hydroxylation is 1. The lowest BCUT2D eigenvalue weighted by atomic mass is 10.2.